The molecular formula is C15H14BrClN2OS. The van der Waals surface area contributed by atoms with Crippen LogP contribution in [0.2, 0.25) is 5.02 Å². The average Bonchev–Trinajstić information content (AvgIpc) is 2.42. The van der Waals surface area contributed by atoms with Gasteiger partial charge in [0.2, 0.25) is 5.91 Å². The van der Waals surface area contributed by atoms with Gasteiger partial charge >= 0.3 is 0 Å². The molecule has 0 fully saturated rings. The van der Waals surface area contributed by atoms with Crippen molar-refractivity contribution >= 4 is 56.6 Å². The van der Waals surface area contributed by atoms with Crippen molar-refractivity contribution in [3.63, 3.8) is 0 Å². The normalized spacial score (nSPS) is 10.4. The minimum atomic E-state index is -0.0901. The van der Waals surface area contributed by atoms with Crippen LogP contribution in [0.4, 0.5) is 11.4 Å². The molecule has 3 nitrogen and oxygen atoms in total. The zero-order valence-corrected chi connectivity index (χ0v) is 14.5. The van der Waals surface area contributed by atoms with E-state index in [1.807, 2.05) is 31.2 Å². The number of thioether (sulfide) groups is 1. The summed E-state index contributed by atoms with van der Waals surface area (Å²) in [5.41, 5.74) is 8.26. The van der Waals surface area contributed by atoms with Crippen LogP contribution in [-0.2, 0) is 4.79 Å². The first-order valence-corrected chi connectivity index (χ1v) is 8.35. The highest BCUT2D eigenvalue weighted by atomic mass is 79.9. The van der Waals surface area contributed by atoms with E-state index in [2.05, 4.69) is 21.2 Å². The number of rotatable bonds is 4. The van der Waals surface area contributed by atoms with Crippen molar-refractivity contribution in [2.75, 3.05) is 16.8 Å². The molecule has 6 heteroatoms. The van der Waals surface area contributed by atoms with Crippen LogP contribution in [0.25, 0.3) is 0 Å². The highest BCUT2D eigenvalue weighted by molar-refractivity contribution is 9.10. The third kappa shape index (κ3) is 4.66. The molecule has 2 rings (SSSR count). The van der Waals surface area contributed by atoms with Crippen molar-refractivity contribution in [1.82, 2.24) is 0 Å². The summed E-state index contributed by atoms with van der Waals surface area (Å²) in [6.07, 6.45) is 0. The fourth-order valence-corrected chi connectivity index (χ4v) is 3.01. The number of nitrogens with two attached hydrogens (primary N) is 1. The number of hydrogen-bond donors (Lipinski definition) is 2. The molecule has 0 heterocycles. The van der Waals surface area contributed by atoms with Crippen LogP contribution in [0, 0.1) is 6.92 Å². The number of carbonyl (C=O) groups is 1. The SMILES string of the molecule is Cc1ccc(Cl)cc1NC(=O)CSc1ccc(Br)cc1N. The lowest BCUT2D eigenvalue weighted by Crippen LogP contribution is -2.14. The van der Waals surface area contributed by atoms with E-state index in [-0.39, 0.29) is 11.7 Å². The maximum atomic E-state index is 12.0. The van der Waals surface area contributed by atoms with Crippen LogP contribution in [0.3, 0.4) is 0 Å². The van der Waals surface area contributed by atoms with Gasteiger partial charge in [0.15, 0.2) is 0 Å². The number of benzene rings is 2. The molecule has 0 saturated carbocycles. The van der Waals surface area contributed by atoms with Gasteiger partial charge in [0.05, 0.1) is 5.75 Å². The van der Waals surface area contributed by atoms with Crippen LogP contribution in [0.1, 0.15) is 5.56 Å². The number of hydrogen-bond acceptors (Lipinski definition) is 3. The Balaban J connectivity index is 1.97. The molecule has 2 aromatic carbocycles. The van der Waals surface area contributed by atoms with Gasteiger partial charge in [-0.15, -0.1) is 11.8 Å². The van der Waals surface area contributed by atoms with Crippen molar-refractivity contribution in [2.45, 2.75) is 11.8 Å². The summed E-state index contributed by atoms with van der Waals surface area (Å²) in [7, 11) is 0. The van der Waals surface area contributed by atoms with Gasteiger partial charge in [-0.3, -0.25) is 4.79 Å². The molecule has 0 bridgehead atoms. The van der Waals surface area contributed by atoms with Crippen LogP contribution in [0.15, 0.2) is 45.8 Å². The average molecular weight is 386 g/mol. The third-order valence-corrected chi connectivity index (χ3v) is 4.62. The summed E-state index contributed by atoms with van der Waals surface area (Å²) in [6.45, 7) is 1.92. The molecule has 0 aliphatic heterocycles. The summed E-state index contributed by atoms with van der Waals surface area (Å²) >= 11 is 10.7. The van der Waals surface area contributed by atoms with E-state index >= 15 is 0 Å². The first kappa shape index (κ1) is 16.2. The minimum Gasteiger partial charge on any atom is -0.398 e. The molecule has 0 radical (unpaired) electrons. The van der Waals surface area contributed by atoms with E-state index in [0.29, 0.717) is 10.7 Å². The summed E-state index contributed by atoms with van der Waals surface area (Å²) in [4.78, 5) is 12.9. The molecule has 0 unspecified atom stereocenters. The Hall–Kier alpha value is -1.17. The predicted molar refractivity (Wildman–Crippen MR) is 94.1 cm³/mol. The Morgan fingerprint density at radius 1 is 1.33 bits per heavy atom. The standard InChI is InChI=1S/C15H14BrClN2OS/c1-9-2-4-11(17)7-13(9)19-15(20)8-21-14-5-3-10(16)6-12(14)18/h2-7H,8,18H2,1H3,(H,19,20). The fraction of sp³-hybridized carbons (Fsp3) is 0.133. The van der Waals surface area contributed by atoms with E-state index < -0.39 is 0 Å². The molecular weight excluding hydrogens is 372 g/mol. The number of nitrogens with one attached hydrogen (secondary N) is 1. The Labute approximate surface area is 141 Å². The van der Waals surface area contributed by atoms with E-state index in [9.17, 15) is 4.79 Å². The number of halogens is 2. The quantitative estimate of drug-likeness (QED) is 0.591. The molecule has 0 spiro atoms. The molecule has 110 valence electrons. The Kier molecular flexibility index (Phi) is 5.56. The molecule has 3 N–H and O–H groups in total. The van der Waals surface area contributed by atoms with Crippen LogP contribution in [0.5, 0.6) is 0 Å². The second-order valence-corrected chi connectivity index (χ2v) is 6.85. The minimum absolute atomic E-state index is 0.0901. The molecule has 0 aliphatic carbocycles. The number of aryl methyl sites for hydroxylation is 1. The maximum absolute atomic E-state index is 12.0. The summed E-state index contributed by atoms with van der Waals surface area (Å²) in [6, 6.07) is 11.0. The highest BCUT2D eigenvalue weighted by Crippen LogP contribution is 2.28. The van der Waals surface area contributed by atoms with Gasteiger partial charge in [-0.1, -0.05) is 33.6 Å². The van der Waals surface area contributed by atoms with Gasteiger partial charge in [-0.2, -0.15) is 0 Å². The maximum Gasteiger partial charge on any atom is 0.234 e. The first-order chi connectivity index (χ1) is 9.95. The van der Waals surface area contributed by atoms with Gasteiger partial charge in [0.1, 0.15) is 0 Å². The van der Waals surface area contributed by atoms with Crippen molar-refractivity contribution in [3.8, 4) is 0 Å². The van der Waals surface area contributed by atoms with Crippen molar-refractivity contribution in [1.29, 1.82) is 0 Å². The molecule has 0 aliphatic rings. The second kappa shape index (κ2) is 7.20. The largest absolute Gasteiger partial charge is 0.398 e. The van der Waals surface area contributed by atoms with E-state index in [4.69, 9.17) is 17.3 Å². The molecule has 2 aromatic rings. The lowest BCUT2D eigenvalue weighted by atomic mass is 10.2. The first-order valence-electron chi connectivity index (χ1n) is 6.19. The summed E-state index contributed by atoms with van der Waals surface area (Å²) < 4.78 is 0.920. The summed E-state index contributed by atoms with van der Waals surface area (Å²) in [5, 5.41) is 3.46. The van der Waals surface area contributed by atoms with Crippen molar-refractivity contribution < 1.29 is 4.79 Å². The van der Waals surface area contributed by atoms with E-state index in [1.54, 1.807) is 12.1 Å². The second-order valence-electron chi connectivity index (χ2n) is 4.48. The third-order valence-electron chi connectivity index (χ3n) is 2.80. The van der Waals surface area contributed by atoms with Gasteiger partial charge in [0, 0.05) is 25.8 Å². The van der Waals surface area contributed by atoms with E-state index in [1.165, 1.54) is 11.8 Å². The Bertz CT molecular complexity index is 679. The predicted octanol–water partition coefficient (Wildman–Crippen LogP) is 4.72. The smallest absolute Gasteiger partial charge is 0.234 e. The van der Waals surface area contributed by atoms with Crippen LogP contribution < -0.4 is 11.1 Å². The van der Waals surface area contributed by atoms with E-state index in [0.717, 1.165) is 20.6 Å². The number of amides is 1. The Morgan fingerprint density at radius 2 is 2.10 bits per heavy atom. The zero-order valence-electron chi connectivity index (χ0n) is 11.3. The zero-order chi connectivity index (χ0) is 15.4. The number of nitrogen functional groups attached to an aromatic ring is 1. The summed E-state index contributed by atoms with van der Waals surface area (Å²) in [5.74, 6) is 0.199. The molecule has 0 saturated heterocycles. The monoisotopic (exact) mass is 384 g/mol. The van der Waals surface area contributed by atoms with Gasteiger partial charge in [-0.05, 0) is 42.8 Å². The topological polar surface area (TPSA) is 55.1 Å². The molecule has 1 amide bonds. The highest BCUT2D eigenvalue weighted by Gasteiger charge is 2.08. The van der Waals surface area contributed by atoms with Gasteiger partial charge in [-0.25, -0.2) is 0 Å². The van der Waals surface area contributed by atoms with Crippen molar-refractivity contribution in [3.05, 3.63) is 51.5 Å². The van der Waals surface area contributed by atoms with Crippen LogP contribution in [-0.4, -0.2) is 11.7 Å². The van der Waals surface area contributed by atoms with Gasteiger partial charge < -0.3 is 11.1 Å². The van der Waals surface area contributed by atoms with Crippen LogP contribution >= 0.6 is 39.3 Å². The number of anilines is 2. The van der Waals surface area contributed by atoms with Gasteiger partial charge in [0.25, 0.3) is 0 Å². The van der Waals surface area contributed by atoms with Crippen molar-refractivity contribution in [2.24, 2.45) is 0 Å². The lowest BCUT2D eigenvalue weighted by Gasteiger charge is -2.09. The Morgan fingerprint density at radius 3 is 2.81 bits per heavy atom. The molecule has 21 heavy (non-hydrogen) atoms. The number of carbonyl (C=O) groups excluding carboxylic acids is 1. The molecule has 0 aromatic heterocycles. The molecule has 0 atom stereocenters. The lowest BCUT2D eigenvalue weighted by molar-refractivity contribution is -0.113. The fourth-order valence-electron chi connectivity index (χ4n) is 1.71.